The van der Waals surface area contributed by atoms with Crippen LogP contribution in [-0.4, -0.2) is 28.4 Å². The number of hydrogen-bond acceptors (Lipinski definition) is 3. The Bertz CT molecular complexity index is 442. The zero-order valence-corrected chi connectivity index (χ0v) is 11.4. The number of carbonyl (C=O) groups is 2. The molecule has 1 amide bonds. The van der Waals surface area contributed by atoms with Gasteiger partial charge in [-0.15, -0.1) is 0 Å². The summed E-state index contributed by atoms with van der Waals surface area (Å²) < 4.78 is 5.72. The molecule has 1 rings (SSSR count). The van der Waals surface area contributed by atoms with E-state index in [1.54, 1.807) is 19.1 Å². The normalized spacial score (nSPS) is 14.1. The number of rotatable bonds is 4. The molecule has 17 heavy (non-hydrogen) atoms. The second-order valence-corrected chi connectivity index (χ2v) is 4.53. The number of carbonyl (C=O) groups excluding carboxylic acids is 1. The minimum absolute atomic E-state index is 0.217. The van der Waals surface area contributed by atoms with E-state index in [4.69, 9.17) is 4.42 Å². The number of hydrogen-bond donors (Lipinski definition) is 1. The summed E-state index contributed by atoms with van der Waals surface area (Å²) in [4.78, 5) is 24.2. The SMILES string of the molecule is CCN(C(C)=O)C(C)(C(=O)O)c1ccc(Br)o1. The van der Waals surface area contributed by atoms with E-state index >= 15 is 0 Å². The fraction of sp³-hybridized carbons (Fsp3) is 0.455. The maximum absolute atomic E-state index is 11.5. The molecule has 0 aromatic carbocycles. The van der Waals surface area contributed by atoms with Crippen molar-refractivity contribution in [1.29, 1.82) is 0 Å². The summed E-state index contributed by atoms with van der Waals surface area (Å²) in [6.07, 6.45) is 0. The maximum atomic E-state index is 11.5. The molecule has 1 aromatic heterocycles. The van der Waals surface area contributed by atoms with Gasteiger partial charge < -0.3 is 14.4 Å². The third kappa shape index (κ3) is 2.36. The van der Waals surface area contributed by atoms with E-state index in [0.29, 0.717) is 4.67 Å². The third-order valence-electron chi connectivity index (χ3n) is 2.71. The van der Waals surface area contributed by atoms with Crippen LogP contribution < -0.4 is 0 Å². The van der Waals surface area contributed by atoms with Crippen LogP contribution in [0.5, 0.6) is 0 Å². The van der Waals surface area contributed by atoms with Crippen LogP contribution in [0.25, 0.3) is 0 Å². The van der Waals surface area contributed by atoms with Crippen molar-refractivity contribution in [2.45, 2.75) is 26.3 Å². The predicted octanol–water partition coefficient (Wildman–Crippen LogP) is 2.21. The summed E-state index contributed by atoms with van der Waals surface area (Å²) in [5.41, 5.74) is -1.49. The Morgan fingerprint density at radius 3 is 2.41 bits per heavy atom. The largest absolute Gasteiger partial charge is 0.479 e. The van der Waals surface area contributed by atoms with Crippen LogP contribution in [0.2, 0.25) is 0 Å². The topological polar surface area (TPSA) is 70.8 Å². The van der Waals surface area contributed by atoms with Gasteiger partial charge in [-0.05, 0) is 41.9 Å². The van der Waals surface area contributed by atoms with Gasteiger partial charge in [0.2, 0.25) is 5.91 Å². The number of furan rings is 1. The lowest BCUT2D eigenvalue weighted by Gasteiger charge is -2.34. The third-order valence-corrected chi connectivity index (χ3v) is 3.13. The van der Waals surface area contributed by atoms with Crippen molar-refractivity contribution in [3.63, 3.8) is 0 Å². The van der Waals surface area contributed by atoms with Crippen molar-refractivity contribution in [2.75, 3.05) is 6.54 Å². The molecule has 1 N–H and O–H groups in total. The standard InChI is InChI=1S/C11H14BrNO4/c1-4-13(7(2)14)11(3,10(15)16)8-5-6-9(12)17-8/h5-6H,4H2,1-3H3,(H,15,16). The van der Waals surface area contributed by atoms with Gasteiger partial charge in [-0.3, -0.25) is 4.79 Å². The van der Waals surface area contributed by atoms with Crippen molar-refractivity contribution in [3.8, 4) is 0 Å². The van der Waals surface area contributed by atoms with Crippen LogP contribution in [0.15, 0.2) is 21.2 Å². The van der Waals surface area contributed by atoms with Crippen molar-refractivity contribution in [3.05, 3.63) is 22.6 Å². The lowest BCUT2D eigenvalue weighted by molar-refractivity contribution is -0.159. The maximum Gasteiger partial charge on any atom is 0.337 e. The van der Waals surface area contributed by atoms with E-state index in [1.807, 2.05) is 0 Å². The molecule has 94 valence electrons. The number of nitrogens with zero attached hydrogens (tertiary/aromatic N) is 1. The number of carboxylic acid groups (broad SMARTS) is 1. The first-order valence-electron chi connectivity index (χ1n) is 5.11. The molecule has 0 aliphatic carbocycles. The molecule has 0 bridgehead atoms. The van der Waals surface area contributed by atoms with Crippen LogP contribution in [0.4, 0.5) is 0 Å². The molecule has 1 aromatic rings. The number of carboxylic acids is 1. The van der Waals surface area contributed by atoms with E-state index in [-0.39, 0.29) is 18.2 Å². The molecular weight excluding hydrogens is 290 g/mol. The Balaban J connectivity index is 3.31. The number of halogens is 1. The Labute approximate surface area is 108 Å². The Kier molecular flexibility index (Phi) is 3.98. The molecule has 6 heteroatoms. The van der Waals surface area contributed by atoms with Crippen molar-refractivity contribution in [2.24, 2.45) is 0 Å². The molecule has 0 saturated heterocycles. The zero-order chi connectivity index (χ0) is 13.2. The van der Waals surface area contributed by atoms with Crippen molar-refractivity contribution >= 4 is 27.8 Å². The first-order chi connectivity index (χ1) is 7.83. The van der Waals surface area contributed by atoms with Crippen LogP contribution in [0.3, 0.4) is 0 Å². The molecule has 1 unspecified atom stereocenters. The average Bonchev–Trinajstić information content (AvgIpc) is 2.65. The summed E-state index contributed by atoms with van der Waals surface area (Å²) in [6, 6.07) is 3.15. The number of aliphatic carboxylic acids is 1. The first-order valence-corrected chi connectivity index (χ1v) is 5.90. The number of amides is 1. The Morgan fingerprint density at radius 2 is 2.12 bits per heavy atom. The Morgan fingerprint density at radius 1 is 1.53 bits per heavy atom. The highest BCUT2D eigenvalue weighted by Gasteiger charge is 2.45. The van der Waals surface area contributed by atoms with E-state index < -0.39 is 11.5 Å². The van der Waals surface area contributed by atoms with Gasteiger partial charge in [0, 0.05) is 13.5 Å². The average molecular weight is 304 g/mol. The van der Waals surface area contributed by atoms with E-state index in [1.165, 1.54) is 18.7 Å². The molecule has 1 atom stereocenters. The summed E-state index contributed by atoms with van der Waals surface area (Å²) in [6.45, 7) is 4.80. The predicted molar refractivity (Wildman–Crippen MR) is 64.5 cm³/mol. The fourth-order valence-electron chi connectivity index (χ4n) is 1.78. The molecule has 5 nitrogen and oxygen atoms in total. The minimum atomic E-state index is -1.49. The zero-order valence-electron chi connectivity index (χ0n) is 9.86. The van der Waals surface area contributed by atoms with Crippen LogP contribution in [0.1, 0.15) is 26.5 Å². The second kappa shape index (κ2) is 4.91. The van der Waals surface area contributed by atoms with Gasteiger partial charge in [0.05, 0.1) is 0 Å². The molecule has 0 spiro atoms. The van der Waals surface area contributed by atoms with Crippen LogP contribution >= 0.6 is 15.9 Å². The molecule has 1 heterocycles. The van der Waals surface area contributed by atoms with Crippen molar-refractivity contribution in [1.82, 2.24) is 4.90 Å². The highest BCUT2D eigenvalue weighted by atomic mass is 79.9. The summed E-state index contributed by atoms with van der Waals surface area (Å²) in [5.74, 6) is -1.23. The van der Waals surface area contributed by atoms with Crippen molar-refractivity contribution < 1.29 is 19.1 Å². The van der Waals surface area contributed by atoms with Gasteiger partial charge in [-0.2, -0.15) is 0 Å². The smallest absolute Gasteiger partial charge is 0.337 e. The molecule has 0 fully saturated rings. The highest BCUT2D eigenvalue weighted by molar-refractivity contribution is 9.10. The summed E-state index contributed by atoms with van der Waals surface area (Å²) in [5, 5.41) is 9.38. The van der Waals surface area contributed by atoms with Gasteiger partial charge in [0.15, 0.2) is 10.2 Å². The second-order valence-electron chi connectivity index (χ2n) is 3.74. The fourth-order valence-corrected chi connectivity index (χ4v) is 2.09. The summed E-state index contributed by atoms with van der Waals surface area (Å²) >= 11 is 3.12. The lowest BCUT2D eigenvalue weighted by atomic mass is 9.96. The van der Waals surface area contributed by atoms with Gasteiger partial charge in [-0.25, -0.2) is 4.79 Å². The van der Waals surface area contributed by atoms with E-state index in [2.05, 4.69) is 15.9 Å². The summed E-state index contributed by atoms with van der Waals surface area (Å²) in [7, 11) is 0. The van der Waals surface area contributed by atoms with Crippen LogP contribution in [0, 0.1) is 0 Å². The molecule has 0 radical (unpaired) electrons. The van der Waals surface area contributed by atoms with Gasteiger partial charge in [-0.1, -0.05) is 0 Å². The Hall–Kier alpha value is -1.30. The van der Waals surface area contributed by atoms with Gasteiger partial charge in [0.25, 0.3) is 0 Å². The monoisotopic (exact) mass is 303 g/mol. The van der Waals surface area contributed by atoms with Gasteiger partial charge >= 0.3 is 5.97 Å². The van der Waals surface area contributed by atoms with Gasteiger partial charge in [0.1, 0.15) is 5.76 Å². The number of likely N-dealkylation sites (N-methyl/N-ethyl adjacent to an activating group) is 1. The molecule has 0 saturated carbocycles. The molecule has 0 aliphatic rings. The van der Waals surface area contributed by atoms with Crippen LogP contribution in [-0.2, 0) is 15.1 Å². The van der Waals surface area contributed by atoms with E-state index in [0.717, 1.165) is 0 Å². The lowest BCUT2D eigenvalue weighted by Crippen LogP contribution is -2.51. The quantitative estimate of drug-likeness (QED) is 0.926. The highest BCUT2D eigenvalue weighted by Crippen LogP contribution is 2.31. The minimum Gasteiger partial charge on any atom is -0.479 e. The first kappa shape index (κ1) is 13.8. The van der Waals surface area contributed by atoms with E-state index in [9.17, 15) is 14.7 Å². The molecule has 0 aliphatic heterocycles. The molecular formula is C11H14BrNO4.